The van der Waals surface area contributed by atoms with Gasteiger partial charge in [-0.1, -0.05) is 0 Å². The van der Waals surface area contributed by atoms with Crippen LogP contribution in [-0.2, 0) is 16.6 Å². The van der Waals surface area contributed by atoms with Gasteiger partial charge in [-0.25, -0.2) is 0 Å². The van der Waals surface area contributed by atoms with Crippen molar-refractivity contribution in [3.05, 3.63) is 23.8 Å². The summed E-state index contributed by atoms with van der Waals surface area (Å²) in [5.41, 5.74) is 1.44. The summed E-state index contributed by atoms with van der Waals surface area (Å²) in [7, 11) is 0. The molecule has 1 aliphatic carbocycles. The summed E-state index contributed by atoms with van der Waals surface area (Å²) in [6.45, 7) is 4.57. The minimum atomic E-state index is -1.54. The van der Waals surface area contributed by atoms with Crippen molar-refractivity contribution in [2.24, 2.45) is 0 Å². The Hall–Kier alpha value is 0.194. The first-order valence-corrected chi connectivity index (χ1v) is 9.70. The first kappa shape index (κ1) is 9.28. The standard InChI is InChI=1S/C7H9.3CH3.Ti/c1-6-3-4-7(2)5-6;;;;/h3-5H,1-2H3;3*1H3;. The molecule has 1 aliphatic rings. The third kappa shape index (κ3) is 1.68. The summed E-state index contributed by atoms with van der Waals surface area (Å²) in [4.78, 5) is 0. The molecule has 0 saturated heterocycles. The van der Waals surface area contributed by atoms with Crippen molar-refractivity contribution in [1.29, 1.82) is 0 Å². The van der Waals surface area contributed by atoms with Crippen LogP contribution in [0, 0.1) is 0 Å². The molecular formula is C10H18Ti. The molecule has 0 aromatic carbocycles. The Kier molecular flexibility index (Phi) is 2.20. The minimum absolute atomic E-state index is 0.448. The average molecular weight is 186 g/mol. The average Bonchev–Trinajstić information content (AvgIpc) is 2.10. The van der Waals surface area contributed by atoms with Crippen LogP contribution in [0.4, 0.5) is 0 Å². The monoisotopic (exact) mass is 186 g/mol. The maximum atomic E-state index is 2.47. The third-order valence-electron chi connectivity index (χ3n) is 2.84. The number of allylic oxidation sites excluding steroid dienone is 4. The fourth-order valence-corrected chi connectivity index (χ4v) is 3.28. The van der Waals surface area contributed by atoms with Gasteiger partial charge in [-0.05, 0) is 0 Å². The van der Waals surface area contributed by atoms with Crippen LogP contribution in [0.25, 0.3) is 0 Å². The molecule has 0 aliphatic heterocycles. The first-order chi connectivity index (χ1) is 4.85. The number of rotatable bonds is 1. The Labute approximate surface area is 73.7 Å². The van der Waals surface area contributed by atoms with E-state index < -0.39 is 16.6 Å². The van der Waals surface area contributed by atoms with Gasteiger partial charge in [0.25, 0.3) is 0 Å². The van der Waals surface area contributed by atoms with E-state index in [9.17, 15) is 0 Å². The molecule has 0 nitrogen and oxygen atoms in total. The molecule has 0 aromatic heterocycles. The van der Waals surface area contributed by atoms with Crippen LogP contribution >= 0.6 is 0 Å². The van der Waals surface area contributed by atoms with Gasteiger partial charge in [0.05, 0.1) is 0 Å². The van der Waals surface area contributed by atoms with Crippen LogP contribution < -0.4 is 0 Å². The number of hydrogen-bond acceptors (Lipinski definition) is 0. The SMILES string of the molecule is CC1=C[C](C)([Ti]([CH3])([CH3])[CH3])C=C1. The summed E-state index contributed by atoms with van der Waals surface area (Å²) in [5, 5.41) is 7.42. The van der Waals surface area contributed by atoms with Crippen molar-refractivity contribution in [1.82, 2.24) is 0 Å². The van der Waals surface area contributed by atoms with Gasteiger partial charge in [-0.2, -0.15) is 0 Å². The molecule has 62 valence electrons. The van der Waals surface area contributed by atoms with E-state index in [4.69, 9.17) is 0 Å². The van der Waals surface area contributed by atoms with Gasteiger partial charge >= 0.3 is 73.6 Å². The second-order valence-corrected chi connectivity index (χ2v) is 13.5. The van der Waals surface area contributed by atoms with Gasteiger partial charge in [0, 0.05) is 0 Å². The number of hydrogen-bond donors (Lipinski definition) is 0. The Morgan fingerprint density at radius 3 is 2.00 bits per heavy atom. The summed E-state index contributed by atoms with van der Waals surface area (Å²) in [5.74, 6) is 0. The normalized spacial score (nSPS) is 30.8. The zero-order chi connectivity index (χ0) is 8.70. The molecule has 1 rings (SSSR count). The van der Waals surface area contributed by atoms with Crippen molar-refractivity contribution in [3.63, 3.8) is 0 Å². The molecule has 0 amide bonds. The second-order valence-electron chi connectivity index (χ2n) is 4.75. The fourth-order valence-electron chi connectivity index (χ4n) is 1.34. The maximum absolute atomic E-state index is 2.47. The van der Waals surface area contributed by atoms with Crippen molar-refractivity contribution in [2.75, 3.05) is 0 Å². The van der Waals surface area contributed by atoms with Crippen molar-refractivity contribution >= 4 is 0 Å². The predicted octanol–water partition coefficient (Wildman–Crippen LogP) is 3.98. The Morgan fingerprint density at radius 1 is 1.27 bits per heavy atom. The molecular weight excluding hydrogens is 168 g/mol. The molecule has 0 radical (unpaired) electrons. The Bertz CT molecular complexity index is 218. The first-order valence-electron chi connectivity index (χ1n) is 4.24. The van der Waals surface area contributed by atoms with Crippen LogP contribution in [0.1, 0.15) is 13.8 Å². The molecule has 1 atom stereocenters. The summed E-state index contributed by atoms with van der Waals surface area (Å²) in [6.07, 6.45) is 7.09. The van der Waals surface area contributed by atoms with Crippen molar-refractivity contribution < 1.29 is 16.6 Å². The molecule has 11 heavy (non-hydrogen) atoms. The third-order valence-corrected chi connectivity index (χ3v) is 8.37. The van der Waals surface area contributed by atoms with Crippen LogP contribution in [0.3, 0.4) is 0 Å². The van der Waals surface area contributed by atoms with E-state index in [1.54, 1.807) is 0 Å². The van der Waals surface area contributed by atoms with E-state index in [2.05, 4.69) is 47.8 Å². The van der Waals surface area contributed by atoms with Gasteiger partial charge in [0.2, 0.25) is 0 Å². The van der Waals surface area contributed by atoms with E-state index in [-0.39, 0.29) is 0 Å². The molecule has 0 heterocycles. The molecule has 0 saturated carbocycles. The molecule has 0 N–H and O–H groups in total. The summed E-state index contributed by atoms with van der Waals surface area (Å²) in [6, 6.07) is 0. The molecule has 0 fully saturated rings. The Morgan fingerprint density at radius 2 is 1.82 bits per heavy atom. The molecule has 0 bridgehead atoms. The van der Waals surface area contributed by atoms with E-state index in [1.807, 2.05) is 0 Å². The van der Waals surface area contributed by atoms with Gasteiger partial charge in [0.1, 0.15) is 0 Å². The van der Waals surface area contributed by atoms with Crippen LogP contribution in [0.5, 0.6) is 0 Å². The van der Waals surface area contributed by atoms with Gasteiger partial charge in [-0.3, -0.25) is 0 Å². The van der Waals surface area contributed by atoms with Gasteiger partial charge in [-0.15, -0.1) is 0 Å². The molecule has 1 unspecified atom stereocenters. The zero-order valence-corrected chi connectivity index (χ0v) is 9.79. The zero-order valence-electron chi connectivity index (χ0n) is 8.23. The van der Waals surface area contributed by atoms with E-state index in [0.29, 0.717) is 3.72 Å². The van der Waals surface area contributed by atoms with E-state index in [1.165, 1.54) is 5.57 Å². The predicted molar refractivity (Wildman–Crippen MR) is 48.9 cm³/mol. The fraction of sp³-hybridized carbons (Fsp3) is 0.600. The Balaban J connectivity index is 2.97. The molecule has 1 heteroatoms. The van der Waals surface area contributed by atoms with Crippen molar-refractivity contribution in [2.45, 2.75) is 33.3 Å². The quantitative estimate of drug-likeness (QED) is 0.543. The second kappa shape index (κ2) is 2.60. The van der Waals surface area contributed by atoms with E-state index >= 15 is 0 Å². The van der Waals surface area contributed by atoms with Crippen LogP contribution in [0.15, 0.2) is 23.8 Å². The summed E-state index contributed by atoms with van der Waals surface area (Å²) >= 11 is -1.54. The molecule has 0 aromatic rings. The van der Waals surface area contributed by atoms with Crippen LogP contribution in [0.2, 0.25) is 19.4 Å². The van der Waals surface area contributed by atoms with Gasteiger partial charge in [0.15, 0.2) is 0 Å². The van der Waals surface area contributed by atoms with Gasteiger partial charge < -0.3 is 0 Å². The topological polar surface area (TPSA) is 0 Å². The summed E-state index contributed by atoms with van der Waals surface area (Å²) < 4.78 is 0.448. The van der Waals surface area contributed by atoms with Crippen molar-refractivity contribution in [3.8, 4) is 0 Å². The van der Waals surface area contributed by atoms with E-state index in [0.717, 1.165) is 0 Å². The molecule has 0 spiro atoms. The van der Waals surface area contributed by atoms with Crippen LogP contribution in [-0.4, -0.2) is 0 Å².